The molecule has 110 valence electrons. The predicted octanol–water partition coefficient (Wildman–Crippen LogP) is 1.64. The van der Waals surface area contributed by atoms with Crippen molar-refractivity contribution in [2.45, 2.75) is 31.8 Å². The molecular weight excluding hydrogens is 268 g/mol. The molecule has 2 amide bonds. The minimum Gasteiger partial charge on any atom is -0.332 e. The third-order valence-corrected chi connectivity index (χ3v) is 3.72. The fourth-order valence-electron chi connectivity index (χ4n) is 2.66. The highest BCUT2D eigenvalue weighted by Crippen LogP contribution is 2.30. The van der Waals surface area contributed by atoms with Gasteiger partial charge in [-0.1, -0.05) is 0 Å². The van der Waals surface area contributed by atoms with Crippen molar-refractivity contribution in [2.24, 2.45) is 0 Å². The van der Waals surface area contributed by atoms with Gasteiger partial charge in [0, 0.05) is 24.5 Å². The van der Waals surface area contributed by atoms with E-state index >= 15 is 0 Å². The summed E-state index contributed by atoms with van der Waals surface area (Å²) in [6.45, 7) is 1.16. The van der Waals surface area contributed by atoms with Crippen LogP contribution in [0.15, 0.2) is 30.7 Å². The monoisotopic (exact) mass is 286 g/mol. The number of rotatable bonds is 3. The van der Waals surface area contributed by atoms with Crippen molar-refractivity contribution in [3.05, 3.63) is 42.0 Å². The number of amides is 2. The minimum atomic E-state index is -0.0634. The van der Waals surface area contributed by atoms with E-state index in [0.717, 1.165) is 37.1 Å². The van der Waals surface area contributed by atoms with Crippen LogP contribution in [0.1, 0.15) is 36.6 Å². The normalized spacial score (nSPS) is 18.5. The number of hydrogen-bond acceptors (Lipinski definition) is 4. The van der Waals surface area contributed by atoms with Crippen molar-refractivity contribution in [3.8, 4) is 0 Å². The van der Waals surface area contributed by atoms with Gasteiger partial charge in [0.05, 0.1) is 24.5 Å². The average Bonchev–Trinajstić information content (AvgIpc) is 3.08. The standard InChI is InChI=1S/C14H18N6O/c21-14(15-10-12-4-3-6-16-19-12)20-7-2-1-5-13(20)11-8-17-18-9-11/h3-4,6,8-9,13H,1-2,5,7,10H2,(H,15,21)(H,17,18)/t13-/m1/s1. The minimum absolute atomic E-state index is 0.0634. The first-order valence-electron chi connectivity index (χ1n) is 7.14. The van der Waals surface area contributed by atoms with Gasteiger partial charge in [-0.05, 0) is 31.4 Å². The molecule has 2 aromatic heterocycles. The Labute approximate surface area is 122 Å². The first kappa shape index (κ1) is 13.5. The van der Waals surface area contributed by atoms with E-state index in [9.17, 15) is 4.79 Å². The zero-order chi connectivity index (χ0) is 14.5. The second-order valence-electron chi connectivity index (χ2n) is 5.11. The maximum Gasteiger partial charge on any atom is 0.318 e. The Morgan fingerprint density at radius 2 is 2.43 bits per heavy atom. The van der Waals surface area contributed by atoms with E-state index in [-0.39, 0.29) is 12.1 Å². The number of likely N-dealkylation sites (tertiary alicyclic amines) is 1. The first-order valence-corrected chi connectivity index (χ1v) is 7.14. The van der Waals surface area contributed by atoms with Gasteiger partial charge in [0.15, 0.2) is 0 Å². The van der Waals surface area contributed by atoms with E-state index in [4.69, 9.17) is 0 Å². The largest absolute Gasteiger partial charge is 0.332 e. The molecule has 1 aliphatic heterocycles. The highest BCUT2D eigenvalue weighted by atomic mass is 16.2. The lowest BCUT2D eigenvalue weighted by atomic mass is 9.98. The molecule has 0 unspecified atom stereocenters. The Balaban J connectivity index is 1.64. The maximum atomic E-state index is 12.4. The zero-order valence-corrected chi connectivity index (χ0v) is 11.7. The van der Waals surface area contributed by atoms with Gasteiger partial charge in [-0.3, -0.25) is 5.10 Å². The second-order valence-corrected chi connectivity index (χ2v) is 5.11. The van der Waals surface area contributed by atoms with Crippen LogP contribution in [0.5, 0.6) is 0 Å². The fourth-order valence-corrected chi connectivity index (χ4v) is 2.66. The summed E-state index contributed by atoms with van der Waals surface area (Å²) in [5.41, 5.74) is 1.81. The molecule has 21 heavy (non-hydrogen) atoms. The van der Waals surface area contributed by atoms with E-state index in [1.54, 1.807) is 12.4 Å². The van der Waals surface area contributed by atoms with Gasteiger partial charge in [0.25, 0.3) is 0 Å². The van der Waals surface area contributed by atoms with Crippen LogP contribution in [-0.2, 0) is 6.54 Å². The number of urea groups is 1. The highest BCUT2D eigenvalue weighted by Gasteiger charge is 2.28. The predicted molar refractivity (Wildman–Crippen MR) is 76.2 cm³/mol. The van der Waals surface area contributed by atoms with Crippen LogP contribution in [0.3, 0.4) is 0 Å². The fraction of sp³-hybridized carbons (Fsp3) is 0.429. The van der Waals surface area contributed by atoms with Crippen molar-refractivity contribution in [2.75, 3.05) is 6.54 Å². The summed E-state index contributed by atoms with van der Waals surface area (Å²) in [6.07, 6.45) is 8.40. The number of aromatic amines is 1. The van der Waals surface area contributed by atoms with Crippen LogP contribution in [0.25, 0.3) is 0 Å². The number of carbonyl (C=O) groups excluding carboxylic acids is 1. The molecule has 1 aliphatic rings. The number of hydrogen-bond donors (Lipinski definition) is 2. The number of H-pyrrole nitrogens is 1. The molecule has 1 saturated heterocycles. The van der Waals surface area contributed by atoms with Gasteiger partial charge in [-0.2, -0.15) is 15.3 Å². The molecule has 2 N–H and O–H groups in total. The molecule has 0 bridgehead atoms. The summed E-state index contributed by atoms with van der Waals surface area (Å²) < 4.78 is 0. The Morgan fingerprint density at radius 1 is 1.48 bits per heavy atom. The van der Waals surface area contributed by atoms with Crippen molar-refractivity contribution in [3.63, 3.8) is 0 Å². The molecule has 3 heterocycles. The van der Waals surface area contributed by atoms with Gasteiger partial charge in [0.2, 0.25) is 0 Å². The SMILES string of the molecule is O=C(NCc1cccnn1)N1CCCC[C@@H]1c1cn[nH]c1. The van der Waals surface area contributed by atoms with Gasteiger partial charge in [-0.25, -0.2) is 4.79 Å². The molecule has 7 nitrogen and oxygen atoms in total. The lowest BCUT2D eigenvalue weighted by molar-refractivity contribution is 0.151. The first-order chi connectivity index (χ1) is 10.3. The molecule has 1 atom stereocenters. The summed E-state index contributed by atoms with van der Waals surface area (Å²) in [6, 6.07) is 3.69. The lowest BCUT2D eigenvalue weighted by Gasteiger charge is -2.35. The molecule has 7 heteroatoms. The van der Waals surface area contributed by atoms with Crippen LogP contribution >= 0.6 is 0 Å². The van der Waals surface area contributed by atoms with Crippen LogP contribution in [0, 0.1) is 0 Å². The number of nitrogens with zero attached hydrogens (tertiary/aromatic N) is 4. The average molecular weight is 286 g/mol. The van der Waals surface area contributed by atoms with Crippen molar-refractivity contribution in [1.29, 1.82) is 0 Å². The molecule has 0 aliphatic carbocycles. The summed E-state index contributed by atoms with van der Waals surface area (Å²) in [5.74, 6) is 0. The Hall–Kier alpha value is -2.44. The maximum absolute atomic E-state index is 12.4. The van der Waals surface area contributed by atoms with E-state index in [0.29, 0.717) is 6.54 Å². The highest BCUT2D eigenvalue weighted by molar-refractivity contribution is 5.74. The smallest absolute Gasteiger partial charge is 0.318 e. The van der Waals surface area contributed by atoms with E-state index in [2.05, 4.69) is 25.7 Å². The molecule has 3 rings (SSSR count). The summed E-state index contributed by atoms with van der Waals surface area (Å²) in [5, 5.41) is 17.5. The Bertz CT molecular complexity index is 570. The molecule has 0 saturated carbocycles. The van der Waals surface area contributed by atoms with Gasteiger partial charge < -0.3 is 10.2 Å². The summed E-state index contributed by atoms with van der Waals surface area (Å²) in [7, 11) is 0. The second kappa shape index (κ2) is 6.34. The van der Waals surface area contributed by atoms with E-state index < -0.39 is 0 Å². The van der Waals surface area contributed by atoms with Crippen molar-refractivity contribution < 1.29 is 4.79 Å². The Morgan fingerprint density at radius 3 is 3.19 bits per heavy atom. The van der Waals surface area contributed by atoms with Crippen LogP contribution < -0.4 is 5.32 Å². The topological polar surface area (TPSA) is 86.8 Å². The number of nitrogens with one attached hydrogen (secondary N) is 2. The molecule has 0 aromatic carbocycles. The van der Waals surface area contributed by atoms with Gasteiger partial charge in [-0.15, -0.1) is 0 Å². The number of aromatic nitrogens is 4. The molecular formula is C14H18N6O. The number of carbonyl (C=O) groups is 1. The van der Waals surface area contributed by atoms with Crippen molar-refractivity contribution >= 4 is 6.03 Å². The van der Waals surface area contributed by atoms with Gasteiger partial charge >= 0.3 is 6.03 Å². The number of piperidine rings is 1. The van der Waals surface area contributed by atoms with Crippen LogP contribution in [-0.4, -0.2) is 37.9 Å². The quantitative estimate of drug-likeness (QED) is 0.898. The summed E-state index contributed by atoms with van der Waals surface area (Å²) in [4.78, 5) is 14.3. The molecule has 1 fully saturated rings. The third-order valence-electron chi connectivity index (χ3n) is 3.72. The van der Waals surface area contributed by atoms with Crippen LogP contribution in [0.4, 0.5) is 4.79 Å². The van der Waals surface area contributed by atoms with Crippen LogP contribution in [0.2, 0.25) is 0 Å². The molecule has 0 radical (unpaired) electrons. The van der Waals surface area contributed by atoms with Gasteiger partial charge in [0.1, 0.15) is 0 Å². The van der Waals surface area contributed by atoms with E-state index in [1.165, 1.54) is 0 Å². The third kappa shape index (κ3) is 3.18. The Kier molecular flexibility index (Phi) is 4.09. The summed E-state index contributed by atoms with van der Waals surface area (Å²) >= 11 is 0. The van der Waals surface area contributed by atoms with Crippen molar-refractivity contribution in [1.82, 2.24) is 30.6 Å². The van der Waals surface area contributed by atoms with E-state index in [1.807, 2.05) is 23.2 Å². The molecule has 0 spiro atoms. The lowest BCUT2D eigenvalue weighted by Crippen LogP contribution is -2.44. The zero-order valence-electron chi connectivity index (χ0n) is 11.7. The molecule has 2 aromatic rings.